The predicted octanol–water partition coefficient (Wildman–Crippen LogP) is 4.06. The first kappa shape index (κ1) is 12.9. The Morgan fingerprint density at radius 3 is 2.67 bits per heavy atom. The second kappa shape index (κ2) is 5.42. The topological polar surface area (TPSA) is 49.3 Å². The first-order chi connectivity index (χ1) is 8.58. The van der Waals surface area contributed by atoms with Crippen molar-refractivity contribution >= 4 is 39.1 Å². The molecule has 0 aliphatic heterocycles. The van der Waals surface area contributed by atoms with Crippen molar-refractivity contribution in [1.29, 1.82) is 0 Å². The van der Waals surface area contributed by atoms with Crippen LogP contribution in [0.2, 0.25) is 5.02 Å². The number of phenolic OH excluding ortho intramolecular Hbond substituents is 1. The number of phenols is 1. The Hall–Kier alpha value is -1.52. The molecule has 2 aromatic carbocycles. The number of carbonyl (C=O) groups is 1. The first-order valence-electron chi connectivity index (χ1n) is 5.12. The minimum absolute atomic E-state index is 0.0909. The number of carbonyl (C=O) groups excluding carboxylic acids is 1. The lowest BCUT2D eigenvalue weighted by Gasteiger charge is -2.07. The van der Waals surface area contributed by atoms with Gasteiger partial charge in [-0.3, -0.25) is 4.79 Å². The Morgan fingerprint density at radius 1 is 1.22 bits per heavy atom. The van der Waals surface area contributed by atoms with Crippen molar-refractivity contribution in [1.82, 2.24) is 0 Å². The average Bonchev–Trinajstić information content (AvgIpc) is 2.32. The van der Waals surface area contributed by atoms with Gasteiger partial charge in [0.2, 0.25) is 0 Å². The molecule has 0 saturated carbocycles. The molecule has 0 atom stereocenters. The zero-order valence-electron chi connectivity index (χ0n) is 9.15. The van der Waals surface area contributed by atoms with Gasteiger partial charge < -0.3 is 10.4 Å². The lowest BCUT2D eigenvalue weighted by Crippen LogP contribution is -2.12. The molecular formula is C13H9BrClNO2. The molecule has 18 heavy (non-hydrogen) atoms. The van der Waals surface area contributed by atoms with E-state index in [9.17, 15) is 9.90 Å². The molecule has 5 heteroatoms. The summed E-state index contributed by atoms with van der Waals surface area (Å²) >= 11 is 9.29. The fourth-order valence-corrected chi connectivity index (χ4v) is 2.04. The van der Waals surface area contributed by atoms with E-state index in [1.165, 1.54) is 12.1 Å². The van der Waals surface area contributed by atoms with Gasteiger partial charge in [-0.15, -0.1) is 0 Å². The van der Waals surface area contributed by atoms with E-state index in [1.54, 1.807) is 30.3 Å². The van der Waals surface area contributed by atoms with Crippen LogP contribution < -0.4 is 5.32 Å². The van der Waals surface area contributed by atoms with Crippen LogP contribution in [0.25, 0.3) is 0 Å². The normalized spacial score (nSPS) is 10.1. The monoisotopic (exact) mass is 325 g/mol. The highest BCUT2D eigenvalue weighted by atomic mass is 79.9. The third-order valence-electron chi connectivity index (χ3n) is 2.30. The standard InChI is InChI=1S/C13H9BrClNO2/c14-11-6-2-5-10(12(11)15)13(18)16-8-3-1-4-9(17)7-8/h1-7,17H,(H,16,18). The van der Waals surface area contributed by atoms with Gasteiger partial charge in [-0.05, 0) is 40.2 Å². The highest BCUT2D eigenvalue weighted by Gasteiger charge is 2.12. The molecule has 0 aromatic heterocycles. The summed E-state index contributed by atoms with van der Waals surface area (Å²) in [6.07, 6.45) is 0. The number of amides is 1. The average molecular weight is 327 g/mol. The summed E-state index contributed by atoms with van der Waals surface area (Å²) in [5, 5.41) is 12.3. The van der Waals surface area contributed by atoms with Crippen LogP contribution in [-0.4, -0.2) is 11.0 Å². The van der Waals surface area contributed by atoms with E-state index in [1.807, 2.05) is 0 Å². The summed E-state index contributed by atoms with van der Waals surface area (Å²) < 4.78 is 0.660. The van der Waals surface area contributed by atoms with Crippen molar-refractivity contribution in [2.45, 2.75) is 0 Å². The SMILES string of the molecule is O=C(Nc1cccc(O)c1)c1cccc(Br)c1Cl. The van der Waals surface area contributed by atoms with Crippen LogP contribution in [0.15, 0.2) is 46.9 Å². The van der Waals surface area contributed by atoms with Crippen molar-refractivity contribution in [2.24, 2.45) is 0 Å². The first-order valence-corrected chi connectivity index (χ1v) is 6.29. The van der Waals surface area contributed by atoms with Crippen LogP contribution in [0, 0.1) is 0 Å². The van der Waals surface area contributed by atoms with Crippen LogP contribution in [-0.2, 0) is 0 Å². The number of rotatable bonds is 2. The Bertz CT molecular complexity index is 601. The van der Waals surface area contributed by atoms with Crippen molar-refractivity contribution < 1.29 is 9.90 Å². The fourth-order valence-electron chi connectivity index (χ4n) is 1.46. The molecule has 2 rings (SSSR count). The van der Waals surface area contributed by atoms with E-state index in [-0.39, 0.29) is 11.7 Å². The second-order valence-corrected chi connectivity index (χ2v) is 4.84. The molecule has 2 aromatic rings. The maximum atomic E-state index is 12.0. The summed E-state index contributed by atoms with van der Waals surface area (Å²) in [5.41, 5.74) is 0.880. The minimum Gasteiger partial charge on any atom is -0.508 e. The zero-order valence-corrected chi connectivity index (χ0v) is 11.5. The maximum Gasteiger partial charge on any atom is 0.257 e. The summed E-state index contributed by atoms with van der Waals surface area (Å²) in [6.45, 7) is 0. The predicted molar refractivity (Wildman–Crippen MR) is 75.2 cm³/mol. The second-order valence-electron chi connectivity index (χ2n) is 3.61. The molecule has 0 aliphatic carbocycles. The number of anilines is 1. The number of aromatic hydroxyl groups is 1. The molecule has 0 spiro atoms. The van der Waals surface area contributed by atoms with E-state index < -0.39 is 0 Å². The van der Waals surface area contributed by atoms with Crippen LogP contribution in [0.5, 0.6) is 5.75 Å². The molecule has 0 heterocycles. The van der Waals surface area contributed by atoms with Crippen LogP contribution in [0.4, 0.5) is 5.69 Å². The highest BCUT2D eigenvalue weighted by Crippen LogP contribution is 2.27. The summed E-state index contributed by atoms with van der Waals surface area (Å²) in [6, 6.07) is 11.4. The molecule has 0 bridgehead atoms. The minimum atomic E-state index is -0.327. The lowest BCUT2D eigenvalue weighted by atomic mass is 10.2. The van der Waals surface area contributed by atoms with E-state index >= 15 is 0 Å². The van der Waals surface area contributed by atoms with Crippen LogP contribution in [0.1, 0.15) is 10.4 Å². The van der Waals surface area contributed by atoms with Gasteiger partial charge in [0.05, 0.1) is 10.6 Å². The van der Waals surface area contributed by atoms with E-state index in [0.717, 1.165) is 0 Å². The number of benzene rings is 2. The number of hydrogen-bond donors (Lipinski definition) is 2. The van der Waals surface area contributed by atoms with Crippen molar-refractivity contribution in [3.05, 3.63) is 57.5 Å². The van der Waals surface area contributed by atoms with Gasteiger partial charge in [0.1, 0.15) is 5.75 Å². The summed E-state index contributed by atoms with van der Waals surface area (Å²) in [7, 11) is 0. The van der Waals surface area contributed by atoms with E-state index in [0.29, 0.717) is 20.7 Å². The van der Waals surface area contributed by atoms with Crippen LogP contribution in [0.3, 0.4) is 0 Å². The molecule has 92 valence electrons. The van der Waals surface area contributed by atoms with Crippen molar-refractivity contribution in [3.63, 3.8) is 0 Å². The van der Waals surface area contributed by atoms with Crippen molar-refractivity contribution in [2.75, 3.05) is 5.32 Å². The molecule has 0 fully saturated rings. The Balaban J connectivity index is 2.25. The van der Waals surface area contributed by atoms with Gasteiger partial charge >= 0.3 is 0 Å². The van der Waals surface area contributed by atoms with E-state index in [4.69, 9.17) is 11.6 Å². The number of nitrogens with one attached hydrogen (secondary N) is 1. The fraction of sp³-hybridized carbons (Fsp3) is 0. The largest absolute Gasteiger partial charge is 0.508 e. The summed E-state index contributed by atoms with van der Waals surface area (Å²) in [5.74, 6) is -0.236. The van der Waals surface area contributed by atoms with Gasteiger partial charge in [-0.1, -0.05) is 23.7 Å². The molecule has 0 radical (unpaired) electrons. The third kappa shape index (κ3) is 2.83. The number of halogens is 2. The third-order valence-corrected chi connectivity index (χ3v) is 3.60. The van der Waals surface area contributed by atoms with Gasteiger partial charge in [0.25, 0.3) is 5.91 Å². The number of hydrogen-bond acceptors (Lipinski definition) is 2. The Morgan fingerprint density at radius 2 is 1.94 bits per heavy atom. The molecule has 0 saturated heterocycles. The molecule has 0 aliphatic rings. The summed E-state index contributed by atoms with van der Waals surface area (Å²) in [4.78, 5) is 12.0. The molecule has 0 unspecified atom stereocenters. The van der Waals surface area contributed by atoms with Gasteiger partial charge in [0, 0.05) is 16.2 Å². The Labute approximate surface area is 118 Å². The highest BCUT2D eigenvalue weighted by molar-refractivity contribution is 9.10. The molecule has 1 amide bonds. The molecule has 3 nitrogen and oxygen atoms in total. The maximum absolute atomic E-state index is 12.0. The van der Waals surface area contributed by atoms with Gasteiger partial charge in [-0.25, -0.2) is 0 Å². The van der Waals surface area contributed by atoms with Gasteiger partial charge in [-0.2, -0.15) is 0 Å². The van der Waals surface area contributed by atoms with Crippen molar-refractivity contribution in [3.8, 4) is 5.75 Å². The van der Waals surface area contributed by atoms with E-state index in [2.05, 4.69) is 21.2 Å². The molecular weight excluding hydrogens is 318 g/mol. The quantitative estimate of drug-likeness (QED) is 0.874. The molecule has 2 N–H and O–H groups in total. The Kier molecular flexibility index (Phi) is 3.89. The lowest BCUT2D eigenvalue weighted by molar-refractivity contribution is 0.102. The zero-order chi connectivity index (χ0) is 13.1. The smallest absolute Gasteiger partial charge is 0.257 e. The van der Waals surface area contributed by atoms with Crippen LogP contribution >= 0.6 is 27.5 Å². The van der Waals surface area contributed by atoms with Gasteiger partial charge in [0.15, 0.2) is 0 Å².